The molecule has 0 aliphatic rings. The van der Waals surface area contributed by atoms with Gasteiger partial charge in [0.05, 0.1) is 24.9 Å². The summed E-state index contributed by atoms with van der Waals surface area (Å²) in [5.41, 5.74) is 5.02. The lowest BCUT2D eigenvalue weighted by molar-refractivity contribution is 0.0600. The summed E-state index contributed by atoms with van der Waals surface area (Å²) in [6, 6.07) is 13.7. The minimum Gasteiger partial charge on any atom is -0.465 e. The molecular weight excluding hydrogens is 336 g/mol. The lowest BCUT2D eigenvalue weighted by Crippen LogP contribution is -2.16. The van der Waals surface area contributed by atoms with E-state index in [1.165, 1.54) is 18.2 Å². The second-order valence-corrected chi connectivity index (χ2v) is 8.86. The topological polar surface area (TPSA) is 51.0 Å². The Morgan fingerprint density at radius 3 is 1.85 bits per heavy atom. The van der Waals surface area contributed by atoms with Crippen molar-refractivity contribution in [3.8, 4) is 0 Å². The maximum atomic E-state index is 11.5. The summed E-state index contributed by atoms with van der Waals surface area (Å²) in [5.74, 6) is -0.336. The van der Waals surface area contributed by atoms with E-state index in [1.54, 1.807) is 12.1 Å². The van der Waals surface area contributed by atoms with Crippen LogP contribution in [0.3, 0.4) is 0 Å². The number of benzene rings is 2. The summed E-state index contributed by atoms with van der Waals surface area (Å²) in [7, 11) is 1.38. The van der Waals surface area contributed by atoms with Crippen LogP contribution < -0.4 is 0 Å². The van der Waals surface area contributed by atoms with Crippen LogP contribution in [0.15, 0.2) is 52.7 Å². The average molecular weight is 367 g/mol. The first kappa shape index (κ1) is 20.8. The molecule has 2 aromatic rings. The quantitative estimate of drug-likeness (QED) is 0.467. The number of methoxy groups -OCH3 is 1. The van der Waals surface area contributed by atoms with E-state index < -0.39 is 0 Å². The highest BCUT2D eigenvalue weighted by molar-refractivity contribution is 5.89. The van der Waals surface area contributed by atoms with Crippen LogP contribution in [0.2, 0.25) is 0 Å². The van der Waals surface area contributed by atoms with Gasteiger partial charge in [0, 0.05) is 0 Å². The van der Waals surface area contributed by atoms with Crippen molar-refractivity contribution < 1.29 is 9.53 Å². The van der Waals surface area contributed by atoms with Gasteiger partial charge in [-0.2, -0.15) is 10.2 Å². The van der Waals surface area contributed by atoms with E-state index in [-0.39, 0.29) is 16.8 Å². The third kappa shape index (κ3) is 5.75. The second-order valence-electron chi connectivity index (χ2n) is 8.86. The third-order valence-corrected chi connectivity index (χ3v) is 4.46. The highest BCUT2D eigenvalue weighted by atomic mass is 16.5. The molecule has 0 N–H and O–H groups in total. The molecule has 4 nitrogen and oxygen atoms in total. The lowest BCUT2D eigenvalue weighted by Gasteiger charge is -2.25. The SMILES string of the molecule is COC(=O)c1ccc(CN=Nc2cc(C(C)(C)C)cc(C(C)(C)C)c2)cc1. The van der Waals surface area contributed by atoms with Crippen molar-refractivity contribution >= 4 is 11.7 Å². The Balaban J connectivity index is 2.22. The molecule has 0 aromatic heterocycles. The molecule has 4 heteroatoms. The fourth-order valence-electron chi connectivity index (χ4n) is 2.60. The van der Waals surface area contributed by atoms with Gasteiger partial charge < -0.3 is 4.74 Å². The van der Waals surface area contributed by atoms with E-state index in [0.29, 0.717) is 12.1 Å². The molecule has 2 aromatic carbocycles. The maximum Gasteiger partial charge on any atom is 0.337 e. The first-order valence-electron chi connectivity index (χ1n) is 9.21. The maximum absolute atomic E-state index is 11.5. The van der Waals surface area contributed by atoms with E-state index in [4.69, 9.17) is 4.74 Å². The number of carbonyl (C=O) groups is 1. The van der Waals surface area contributed by atoms with Crippen molar-refractivity contribution in [2.75, 3.05) is 7.11 Å². The molecule has 0 heterocycles. The summed E-state index contributed by atoms with van der Waals surface area (Å²) in [6.45, 7) is 13.7. The number of carbonyl (C=O) groups excluding carboxylic acids is 1. The molecule has 2 rings (SSSR count). The molecular formula is C23H30N2O2. The zero-order chi connectivity index (χ0) is 20.2. The van der Waals surface area contributed by atoms with E-state index in [9.17, 15) is 4.79 Å². The Labute approximate surface area is 162 Å². The summed E-state index contributed by atoms with van der Waals surface area (Å²) in [6.07, 6.45) is 0. The molecule has 0 fully saturated rings. The fourth-order valence-corrected chi connectivity index (χ4v) is 2.60. The number of azo groups is 1. The van der Waals surface area contributed by atoms with Gasteiger partial charge in [-0.15, -0.1) is 0 Å². The highest BCUT2D eigenvalue weighted by Gasteiger charge is 2.20. The molecule has 0 atom stereocenters. The molecule has 0 aliphatic carbocycles. The Hall–Kier alpha value is -2.49. The van der Waals surface area contributed by atoms with Crippen molar-refractivity contribution in [1.29, 1.82) is 0 Å². The molecule has 0 aliphatic heterocycles. The second kappa shape index (κ2) is 8.03. The van der Waals surface area contributed by atoms with Crippen LogP contribution in [0.1, 0.15) is 68.6 Å². The third-order valence-electron chi connectivity index (χ3n) is 4.46. The smallest absolute Gasteiger partial charge is 0.337 e. The van der Waals surface area contributed by atoms with Gasteiger partial charge in [0.15, 0.2) is 0 Å². The molecule has 0 saturated heterocycles. The van der Waals surface area contributed by atoms with Gasteiger partial charge >= 0.3 is 5.97 Å². The van der Waals surface area contributed by atoms with Crippen molar-refractivity contribution in [2.24, 2.45) is 10.2 Å². The van der Waals surface area contributed by atoms with Crippen LogP contribution in [0, 0.1) is 0 Å². The van der Waals surface area contributed by atoms with Gasteiger partial charge in [-0.25, -0.2) is 4.79 Å². The van der Waals surface area contributed by atoms with Crippen LogP contribution in [0.4, 0.5) is 5.69 Å². The predicted octanol–water partition coefficient (Wildman–Crippen LogP) is 6.35. The zero-order valence-corrected chi connectivity index (χ0v) is 17.5. The van der Waals surface area contributed by atoms with Gasteiger partial charge in [-0.05, 0) is 51.8 Å². The largest absolute Gasteiger partial charge is 0.465 e. The van der Waals surface area contributed by atoms with E-state index in [2.05, 4.69) is 70.0 Å². The number of ether oxygens (including phenoxy) is 1. The summed E-state index contributed by atoms with van der Waals surface area (Å²) >= 11 is 0. The fraction of sp³-hybridized carbons (Fsp3) is 0.435. The lowest BCUT2D eigenvalue weighted by atomic mass is 9.80. The van der Waals surface area contributed by atoms with E-state index in [1.807, 2.05) is 12.1 Å². The molecule has 0 amide bonds. The van der Waals surface area contributed by atoms with Gasteiger partial charge in [-0.3, -0.25) is 0 Å². The molecule has 0 bridgehead atoms. The molecule has 0 radical (unpaired) electrons. The number of esters is 1. The molecule has 144 valence electrons. The van der Waals surface area contributed by atoms with E-state index >= 15 is 0 Å². The summed E-state index contributed by atoms with van der Waals surface area (Å²) < 4.78 is 4.71. The van der Waals surface area contributed by atoms with Gasteiger partial charge in [0.2, 0.25) is 0 Å². The van der Waals surface area contributed by atoms with Gasteiger partial charge in [-0.1, -0.05) is 59.7 Å². The van der Waals surface area contributed by atoms with Crippen LogP contribution in [0.5, 0.6) is 0 Å². The minimum absolute atomic E-state index is 0.0508. The van der Waals surface area contributed by atoms with Crippen molar-refractivity contribution in [1.82, 2.24) is 0 Å². The monoisotopic (exact) mass is 366 g/mol. The zero-order valence-electron chi connectivity index (χ0n) is 17.5. The van der Waals surface area contributed by atoms with Crippen molar-refractivity contribution in [3.63, 3.8) is 0 Å². The number of hydrogen-bond acceptors (Lipinski definition) is 4. The van der Waals surface area contributed by atoms with Gasteiger partial charge in [0.25, 0.3) is 0 Å². The van der Waals surface area contributed by atoms with Crippen LogP contribution in [-0.2, 0) is 22.1 Å². The molecule has 27 heavy (non-hydrogen) atoms. The Bertz CT molecular complexity index is 791. The van der Waals surface area contributed by atoms with Crippen molar-refractivity contribution in [3.05, 3.63) is 64.7 Å². The minimum atomic E-state index is -0.336. The standard InChI is InChI=1S/C23H30N2O2/c1-22(2,3)18-12-19(23(4,5)6)14-20(13-18)25-24-15-16-8-10-17(11-9-16)21(26)27-7/h8-14H,15H2,1-7H3. The van der Waals surface area contributed by atoms with Crippen molar-refractivity contribution in [2.45, 2.75) is 58.9 Å². The van der Waals surface area contributed by atoms with Gasteiger partial charge in [0.1, 0.15) is 0 Å². The molecule has 0 spiro atoms. The Kier molecular flexibility index (Phi) is 6.19. The molecule has 0 unspecified atom stereocenters. The Morgan fingerprint density at radius 1 is 0.889 bits per heavy atom. The molecule has 0 saturated carbocycles. The summed E-state index contributed by atoms with van der Waals surface area (Å²) in [4.78, 5) is 11.5. The van der Waals surface area contributed by atoms with E-state index in [0.717, 1.165) is 11.3 Å². The predicted molar refractivity (Wildman–Crippen MR) is 110 cm³/mol. The Morgan fingerprint density at radius 2 is 1.41 bits per heavy atom. The van der Waals surface area contributed by atoms with Crippen LogP contribution >= 0.6 is 0 Å². The summed E-state index contributed by atoms with van der Waals surface area (Å²) in [5, 5.41) is 8.82. The van der Waals surface area contributed by atoms with Crippen LogP contribution in [-0.4, -0.2) is 13.1 Å². The first-order valence-corrected chi connectivity index (χ1v) is 9.21. The van der Waals surface area contributed by atoms with Crippen LogP contribution in [0.25, 0.3) is 0 Å². The number of nitrogens with zero attached hydrogens (tertiary/aromatic N) is 2. The number of rotatable bonds is 4. The number of hydrogen-bond donors (Lipinski definition) is 0. The normalized spacial score (nSPS) is 12.4. The average Bonchev–Trinajstić information content (AvgIpc) is 2.60. The first-order chi connectivity index (χ1) is 12.5. The highest BCUT2D eigenvalue weighted by Crippen LogP contribution is 2.33.